The Morgan fingerprint density at radius 1 is 1.04 bits per heavy atom. The van der Waals surface area contributed by atoms with E-state index in [1.165, 1.54) is 0 Å². The van der Waals surface area contributed by atoms with Crippen molar-refractivity contribution in [2.24, 2.45) is 0 Å². The fraction of sp³-hybridized carbons (Fsp3) is 0.333. The fourth-order valence-corrected chi connectivity index (χ4v) is 2.53. The van der Waals surface area contributed by atoms with Crippen molar-refractivity contribution in [3.05, 3.63) is 59.1 Å². The van der Waals surface area contributed by atoms with Crippen LogP contribution in [0, 0.1) is 0 Å². The van der Waals surface area contributed by atoms with Gasteiger partial charge in [0.15, 0.2) is 6.10 Å². The number of ether oxygens (including phenoxy) is 1. The number of halogens is 1. The second-order valence-electron chi connectivity index (χ2n) is 6.29. The lowest BCUT2D eigenvalue weighted by Crippen LogP contribution is -2.35. The molecule has 2 aromatic carbocycles. The lowest BCUT2D eigenvalue weighted by atomic mass is 10.1. The van der Waals surface area contributed by atoms with Crippen LogP contribution in [-0.4, -0.2) is 24.0 Å². The number of nitrogens with one attached hydrogen (secondary N) is 2. The molecule has 27 heavy (non-hydrogen) atoms. The van der Waals surface area contributed by atoms with Crippen molar-refractivity contribution in [1.82, 2.24) is 5.32 Å². The molecule has 0 saturated carbocycles. The highest BCUT2D eigenvalue weighted by Gasteiger charge is 2.21. The van der Waals surface area contributed by atoms with Crippen LogP contribution in [0.15, 0.2) is 48.5 Å². The minimum absolute atomic E-state index is 0.0536. The predicted octanol–water partition coefficient (Wildman–Crippen LogP) is 4.66. The first kappa shape index (κ1) is 20.8. The molecular formula is C21H25ClN2O3. The van der Waals surface area contributed by atoms with Crippen molar-refractivity contribution in [2.45, 2.75) is 45.8 Å². The van der Waals surface area contributed by atoms with Gasteiger partial charge in [-0.25, -0.2) is 0 Å². The average molecular weight is 389 g/mol. The molecule has 0 aromatic heterocycles. The fourth-order valence-electron chi connectivity index (χ4n) is 2.41. The zero-order chi connectivity index (χ0) is 19.8. The molecule has 0 aliphatic carbocycles. The maximum Gasteiger partial charge on any atom is 0.265 e. The number of carbonyl (C=O) groups excluding carboxylic acids is 2. The quantitative estimate of drug-likeness (QED) is 0.690. The molecule has 0 fully saturated rings. The summed E-state index contributed by atoms with van der Waals surface area (Å²) in [6.45, 7) is 5.80. The third-order valence-electron chi connectivity index (χ3n) is 4.17. The molecule has 0 aliphatic heterocycles. The molecule has 6 heteroatoms. The highest BCUT2D eigenvalue weighted by Crippen LogP contribution is 2.20. The largest absolute Gasteiger partial charge is 0.481 e. The minimum Gasteiger partial charge on any atom is -0.481 e. The van der Waals surface area contributed by atoms with Crippen LogP contribution in [0.2, 0.25) is 5.02 Å². The van der Waals surface area contributed by atoms with Gasteiger partial charge in [0.1, 0.15) is 5.75 Å². The molecule has 5 nitrogen and oxygen atoms in total. The Kier molecular flexibility index (Phi) is 7.67. The van der Waals surface area contributed by atoms with Crippen LogP contribution in [0.1, 0.15) is 44.0 Å². The van der Waals surface area contributed by atoms with Gasteiger partial charge in [-0.05, 0) is 56.2 Å². The molecule has 144 valence electrons. The van der Waals surface area contributed by atoms with Crippen LogP contribution in [0.25, 0.3) is 0 Å². The Morgan fingerprint density at radius 2 is 1.70 bits per heavy atom. The van der Waals surface area contributed by atoms with Crippen molar-refractivity contribution in [2.75, 3.05) is 5.32 Å². The number of para-hydroxylation sites is 1. The number of amides is 2. The number of rotatable bonds is 8. The van der Waals surface area contributed by atoms with Crippen molar-refractivity contribution >= 4 is 29.1 Å². The molecule has 2 aromatic rings. The first-order valence-electron chi connectivity index (χ1n) is 9.07. The van der Waals surface area contributed by atoms with Gasteiger partial charge in [-0.2, -0.15) is 0 Å². The molecule has 0 bridgehead atoms. The summed E-state index contributed by atoms with van der Waals surface area (Å²) in [7, 11) is 0. The van der Waals surface area contributed by atoms with Gasteiger partial charge in [0.05, 0.1) is 11.3 Å². The van der Waals surface area contributed by atoms with E-state index < -0.39 is 6.10 Å². The van der Waals surface area contributed by atoms with Gasteiger partial charge < -0.3 is 15.4 Å². The van der Waals surface area contributed by atoms with Gasteiger partial charge in [-0.15, -0.1) is 0 Å². The minimum atomic E-state index is -0.683. The van der Waals surface area contributed by atoms with Crippen molar-refractivity contribution < 1.29 is 14.3 Å². The summed E-state index contributed by atoms with van der Waals surface area (Å²) in [5.41, 5.74) is 0.883. The van der Waals surface area contributed by atoms with Gasteiger partial charge in [-0.3, -0.25) is 9.59 Å². The Hall–Kier alpha value is -2.53. The van der Waals surface area contributed by atoms with E-state index in [4.69, 9.17) is 16.3 Å². The van der Waals surface area contributed by atoms with Crippen LogP contribution in [0.4, 0.5) is 5.69 Å². The summed E-state index contributed by atoms with van der Waals surface area (Å²) in [4.78, 5) is 25.1. The zero-order valence-electron chi connectivity index (χ0n) is 15.8. The zero-order valence-corrected chi connectivity index (χ0v) is 16.5. The third-order valence-corrected chi connectivity index (χ3v) is 4.43. The predicted molar refractivity (Wildman–Crippen MR) is 108 cm³/mol. The maximum atomic E-state index is 12.7. The molecule has 0 heterocycles. The van der Waals surface area contributed by atoms with Gasteiger partial charge in [-0.1, -0.05) is 37.6 Å². The third kappa shape index (κ3) is 6.00. The topological polar surface area (TPSA) is 67.4 Å². The Labute approximate surface area is 165 Å². The summed E-state index contributed by atoms with van der Waals surface area (Å²) in [6, 6.07) is 13.8. The van der Waals surface area contributed by atoms with E-state index in [-0.39, 0.29) is 17.9 Å². The molecule has 0 unspecified atom stereocenters. The maximum absolute atomic E-state index is 12.7. The standard InChI is InChI=1S/C21H25ClN2O3/c1-4-14(3)23-20(25)17-8-6-7-9-18(17)24-21(26)19(5-2)27-16-12-10-15(22)11-13-16/h6-14,19H,4-5H2,1-3H3,(H,23,25)(H,24,26)/t14-,19+/m0/s1. The van der Waals surface area contributed by atoms with Gasteiger partial charge in [0.25, 0.3) is 11.8 Å². The molecule has 0 spiro atoms. The molecular weight excluding hydrogens is 364 g/mol. The first-order chi connectivity index (χ1) is 12.9. The van der Waals surface area contributed by atoms with Crippen LogP contribution in [-0.2, 0) is 4.79 Å². The number of hydrogen-bond acceptors (Lipinski definition) is 3. The summed E-state index contributed by atoms with van der Waals surface area (Å²) in [5, 5.41) is 6.33. The summed E-state index contributed by atoms with van der Waals surface area (Å²) < 4.78 is 5.76. The lowest BCUT2D eigenvalue weighted by Gasteiger charge is -2.19. The van der Waals surface area contributed by atoms with Crippen molar-refractivity contribution in [3.63, 3.8) is 0 Å². The van der Waals surface area contributed by atoms with E-state index in [2.05, 4.69) is 10.6 Å². The van der Waals surface area contributed by atoms with Gasteiger partial charge in [0, 0.05) is 11.1 Å². The highest BCUT2D eigenvalue weighted by atomic mass is 35.5. The SMILES string of the molecule is CC[C@H](C)NC(=O)c1ccccc1NC(=O)[C@@H](CC)Oc1ccc(Cl)cc1. The number of anilines is 1. The van der Waals surface area contributed by atoms with Gasteiger partial charge in [0.2, 0.25) is 0 Å². The van der Waals surface area contributed by atoms with E-state index in [0.29, 0.717) is 28.4 Å². The summed E-state index contributed by atoms with van der Waals surface area (Å²) >= 11 is 5.87. The Balaban J connectivity index is 2.11. The van der Waals surface area contributed by atoms with E-state index in [9.17, 15) is 9.59 Å². The molecule has 2 rings (SSSR count). The molecule has 0 aliphatic rings. The molecule has 2 atom stereocenters. The van der Waals surface area contributed by atoms with Crippen LogP contribution >= 0.6 is 11.6 Å². The van der Waals surface area contributed by atoms with E-state index >= 15 is 0 Å². The van der Waals surface area contributed by atoms with Crippen LogP contribution < -0.4 is 15.4 Å². The normalized spacial score (nSPS) is 12.7. The van der Waals surface area contributed by atoms with Gasteiger partial charge >= 0.3 is 0 Å². The molecule has 2 amide bonds. The lowest BCUT2D eigenvalue weighted by molar-refractivity contribution is -0.122. The van der Waals surface area contributed by atoms with E-state index in [1.807, 2.05) is 20.8 Å². The number of hydrogen-bond donors (Lipinski definition) is 2. The number of carbonyl (C=O) groups is 2. The second-order valence-corrected chi connectivity index (χ2v) is 6.72. The van der Waals surface area contributed by atoms with Crippen LogP contribution in [0.5, 0.6) is 5.75 Å². The molecule has 0 radical (unpaired) electrons. The monoisotopic (exact) mass is 388 g/mol. The summed E-state index contributed by atoms with van der Waals surface area (Å²) in [6.07, 6.45) is 0.625. The summed E-state index contributed by atoms with van der Waals surface area (Å²) in [5.74, 6) is 0.0346. The highest BCUT2D eigenvalue weighted by molar-refractivity contribution is 6.30. The first-order valence-corrected chi connectivity index (χ1v) is 9.45. The van der Waals surface area contributed by atoms with Crippen LogP contribution in [0.3, 0.4) is 0 Å². The Morgan fingerprint density at radius 3 is 2.33 bits per heavy atom. The van der Waals surface area contributed by atoms with E-state index in [0.717, 1.165) is 6.42 Å². The van der Waals surface area contributed by atoms with E-state index in [1.54, 1.807) is 48.5 Å². The molecule has 2 N–H and O–H groups in total. The average Bonchev–Trinajstić information content (AvgIpc) is 2.67. The van der Waals surface area contributed by atoms with Crippen molar-refractivity contribution in [1.29, 1.82) is 0 Å². The smallest absolute Gasteiger partial charge is 0.265 e. The number of benzene rings is 2. The second kappa shape index (κ2) is 9.97. The Bertz CT molecular complexity index is 777. The van der Waals surface area contributed by atoms with Crippen molar-refractivity contribution in [3.8, 4) is 5.75 Å². The molecule has 0 saturated heterocycles.